The van der Waals surface area contributed by atoms with E-state index < -0.39 is 5.97 Å². The van der Waals surface area contributed by atoms with Crippen LogP contribution < -0.4 is 4.90 Å². The molecule has 4 rings (SSSR count). The fourth-order valence-electron chi connectivity index (χ4n) is 5.72. The number of carboxylic acids is 1. The molecular weight excluding hydrogens is 392 g/mol. The lowest BCUT2D eigenvalue weighted by Crippen LogP contribution is -2.50. The number of allylic oxidation sites excluding steroid dienone is 2. The number of benzene rings is 1. The zero-order chi connectivity index (χ0) is 22.0. The van der Waals surface area contributed by atoms with Crippen molar-refractivity contribution in [1.29, 1.82) is 0 Å². The fourth-order valence-corrected chi connectivity index (χ4v) is 5.72. The van der Waals surface area contributed by atoms with Gasteiger partial charge in [-0.2, -0.15) is 0 Å². The van der Waals surface area contributed by atoms with Gasteiger partial charge in [0, 0.05) is 29.4 Å². The molecule has 6 heteroatoms. The lowest BCUT2D eigenvalue weighted by Gasteiger charge is -2.49. The summed E-state index contributed by atoms with van der Waals surface area (Å²) >= 11 is 0. The van der Waals surface area contributed by atoms with Crippen molar-refractivity contribution in [2.24, 2.45) is 5.92 Å². The number of hydrogen-bond donors (Lipinski definition) is 1. The van der Waals surface area contributed by atoms with Crippen LogP contribution in [0.4, 0.5) is 5.69 Å². The van der Waals surface area contributed by atoms with E-state index in [1.165, 1.54) is 24.1 Å². The van der Waals surface area contributed by atoms with Crippen LogP contribution in [0.15, 0.2) is 36.0 Å². The maximum atomic E-state index is 12.0. The van der Waals surface area contributed by atoms with E-state index in [-0.39, 0.29) is 24.6 Å². The molecule has 0 radical (unpaired) electrons. The molecule has 1 aromatic rings. The molecule has 1 heterocycles. The molecule has 31 heavy (non-hydrogen) atoms. The summed E-state index contributed by atoms with van der Waals surface area (Å²) in [6.45, 7) is 4.36. The highest BCUT2D eigenvalue weighted by Crippen LogP contribution is 2.53. The Balaban J connectivity index is 1.69. The number of hydrogen-bond acceptors (Lipinski definition) is 5. The van der Waals surface area contributed by atoms with E-state index in [1.807, 2.05) is 13.0 Å². The van der Waals surface area contributed by atoms with Crippen molar-refractivity contribution in [2.75, 3.05) is 18.1 Å². The quantitative estimate of drug-likeness (QED) is 0.586. The zero-order valence-corrected chi connectivity index (χ0v) is 18.6. The number of nitrogens with zero attached hydrogens (tertiary/aromatic N) is 2. The van der Waals surface area contributed by atoms with Gasteiger partial charge >= 0.3 is 11.9 Å². The Labute approximate surface area is 184 Å². The second kappa shape index (κ2) is 9.33. The number of para-hydroxylation sites is 1. The Hall–Kier alpha value is -2.50. The minimum absolute atomic E-state index is 0.0493. The smallest absolute Gasteiger partial charge is 0.323 e. The van der Waals surface area contributed by atoms with Crippen LogP contribution in [0.3, 0.4) is 0 Å². The van der Waals surface area contributed by atoms with Gasteiger partial charge in [-0.1, -0.05) is 30.7 Å². The molecule has 6 nitrogen and oxygen atoms in total. The molecule has 0 aromatic heterocycles. The second-order valence-corrected chi connectivity index (χ2v) is 8.91. The average molecular weight is 427 g/mol. The summed E-state index contributed by atoms with van der Waals surface area (Å²) in [6.07, 6.45) is 8.85. The maximum Gasteiger partial charge on any atom is 0.323 e. The summed E-state index contributed by atoms with van der Waals surface area (Å²) in [6, 6.07) is 9.32. The highest BCUT2D eigenvalue weighted by molar-refractivity contribution is 5.75. The molecule has 3 atom stereocenters. The van der Waals surface area contributed by atoms with Gasteiger partial charge in [0.1, 0.15) is 6.54 Å². The van der Waals surface area contributed by atoms with Crippen molar-refractivity contribution in [3.63, 3.8) is 0 Å². The SMILES string of the molecule is CC=C(CCC(=O)OCC)N(C1CC1)C1c2ccccc2N(CC(=O)O)C2CCCC21. The lowest BCUT2D eigenvalue weighted by atomic mass is 9.81. The average Bonchev–Trinajstić information content (AvgIpc) is 3.47. The summed E-state index contributed by atoms with van der Waals surface area (Å²) in [5.41, 5.74) is 3.51. The maximum absolute atomic E-state index is 12.0. The van der Waals surface area contributed by atoms with E-state index in [9.17, 15) is 14.7 Å². The number of esters is 1. The number of carboxylic acid groups (broad SMARTS) is 1. The largest absolute Gasteiger partial charge is 0.480 e. The van der Waals surface area contributed by atoms with Gasteiger partial charge in [-0.05, 0) is 57.6 Å². The lowest BCUT2D eigenvalue weighted by molar-refractivity contribution is -0.143. The van der Waals surface area contributed by atoms with Gasteiger partial charge in [-0.3, -0.25) is 9.59 Å². The number of carbonyl (C=O) groups is 2. The normalized spacial score (nSPS) is 25.0. The van der Waals surface area contributed by atoms with Gasteiger partial charge in [-0.15, -0.1) is 0 Å². The first-order valence-corrected chi connectivity index (χ1v) is 11.7. The highest BCUT2D eigenvalue weighted by Gasteiger charge is 2.49. The topological polar surface area (TPSA) is 70.1 Å². The second-order valence-electron chi connectivity index (χ2n) is 8.91. The van der Waals surface area contributed by atoms with E-state index in [4.69, 9.17) is 4.74 Å². The summed E-state index contributed by atoms with van der Waals surface area (Å²) in [7, 11) is 0. The van der Waals surface area contributed by atoms with Crippen molar-refractivity contribution in [1.82, 2.24) is 4.90 Å². The molecule has 2 saturated carbocycles. The minimum atomic E-state index is -0.776. The molecule has 2 fully saturated rings. The van der Waals surface area contributed by atoms with Gasteiger partial charge in [-0.25, -0.2) is 0 Å². The summed E-state index contributed by atoms with van der Waals surface area (Å²) < 4.78 is 5.17. The number of aliphatic carboxylic acids is 1. The molecule has 0 bridgehead atoms. The molecule has 1 aromatic carbocycles. The monoisotopic (exact) mass is 426 g/mol. The van der Waals surface area contributed by atoms with Crippen LogP contribution in [-0.4, -0.2) is 47.2 Å². The van der Waals surface area contributed by atoms with Crippen LogP contribution in [0.5, 0.6) is 0 Å². The van der Waals surface area contributed by atoms with E-state index >= 15 is 0 Å². The molecule has 3 aliphatic rings. The molecular formula is C25H34N2O4. The van der Waals surface area contributed by atoms with Gasteiger partial charge in [0.05, 0.1) is 19.1 Å². The molecule has 1 aliphatic heterocycles. The predicted molar refractivity (Wildman–Crippen MR) is 120 cm³/mol. The number of carbonyl (C=O) groups excluding carboxylic acids is 1. The third kappa shape index (κ3) is 4.43. The Bertz CT molecular complexity index is 848. The van der Waals surface area contributed by atoms with Crippen molar-refractivity contribution < 1.29 is 19.4 Å². The van der Waals surface area contributed by atoms with Crippen LogP contribution >= 0.6 is 0 Å². The van der Waals surface area contributed by atoms with Crippen molar-refractivity contribution in [3.8, 4) is 0 Å². The standard InChI is InChI=1S/C25H34N2O4/c1-3-17(14-15-24(30)31-4-2)27(18-12-13-18)25-19-8-5-6-10-21(19)26(16-23(28)29)22-11-7-9-20(22)25/h3,5-6,8,10,18,20,22,25H,4,7,9,11-16H2,1-2H3,(H,28,29). The first kappa shape index (κ1) is 21.7. The van der Waals surface area contributed by atoms with Gasteiger partial charge in [0.2, 0.25) is 0 Å². The summed E-state index contributed by atoms with van der Waals surface area (Å²) in [5.74, 6) is -0.526. The number of anilines is 1. The van der Waals surface area contributed by atoms with Gasteiger partial charge in [0.15, 0.2) is 0 Å². The zero-order valence-electron chi connectivity index (χ0n) is 18.6. The molecule has 0 saturated heterocycles. The third-order valence-corrected chi connectivity index (χ3v) is 7.00. The van der Waals surface area contributed by atoms with Crippen molar-refractivity contribution >= 4 is 17.6 Å². The van der Waals surface area contributed by atoms with Crippen molar-refractivity contribution in [2.45, 2.75) is 76.9 Å². The van der Waals surface area contributed by atoms with Crippen molar-refractivity contribution in [3.05, 3.63) is 41.6 Å². The van der Waals surface area contributed by atoms with E-state index in [0.29, 0.717) is 31.4 Å². The van der Waals surface area contributed by atoms with Crippen LogP contribution in [-0.2, 0) is 14.3 Å². The van der Waals surface area contributed by atoms with E-state index in [2.05, 4.69) is 41.0 Å². The van der Waals surface area contributed by atoms with E-state index in [0.717, 1.165) is 24.9 Å². The Kier molecular flexibility index (Phi) is 6.54. The Morgan fingerprint density at radius 2 is 1.97 bits per heavy atom. The summed E-state index contributed by atoms with van der Waals surface area (Å²) in [5, 5.41) is 9.57. The van der Waals surface area contributed by atoms with Gasteiger partial charge < -0.3 is 19.6 Å². The van der Waals surface area contributed by atoms with Crippen LogP contribution in [0.2, 0.25) is 0 Å². The van der Waals surface area contributed by atoms with E-state index in [1.54, 1.807) is 0 Å². The van der Waals surface area contributed by atoms with Crippen LogP contribution in [0.1, 0.15) is 70.4 Å². The number of fused-ring (bicyclic) bond motifs is 2. The number of ether oxygens (including phenoxy) is 1. The number of rotatable bonds is 9. The molecule has 0 spiro atoms. The molecule has 0 amide bonds. The Morgan fingerprint density at radius 3 is 2.65 bits per heavy atom. The highest BCUT2D eigenvalue weighted by atomic mass is 16.5. The molecule has 168 valence electrons. The first-order chi connectivity index (χ1) is 15.0. The predicted octanol–water partition coefficient (Wildman–Crippen LogP) is 4.51. The third-order valence-electron chi connectivity index (χ3n) is 7.00. The van der Waals surface area contributed by atoms with Crippen LogP contribution in [0.25, 0.3) is 0 Å². The Morgan fingerprint density at radius 1 is 1.19 bits per heavy atom. The minimum Gasteiger partial charge on any atom is -0.480 e. The van der Waals surface area contributed by atoms with Gasteiger partial charge in [0.25, 0.3) is 0 Å². The first-order valence-electron chi connectivity index (χ1n) is 11.7. The molecule has 2 aliphatic carbocycles. The molecule has 1 N–H and O–H groups in total. The molecule has 3 unspecified atom stereocenters. The fraction of sp³-hybridized carbons (Fsp3) is 0.600. The summed E-state index contributed by atoms with van der Waals surface area (Å²) in [4.78, 5) is 28.4. The van der Waals surface area contributed by atoms with Crippen LogP contribution in [0, 0.1) is 5.92 Å².